The Morgan fingerprint density at radius 2 is 1.86 bits per heavy atom. The third-order valence-electron chi connectivity index (χ3n) is 4.61. The molecule has 1 aromatic carbocycles. The number of aromatic nitrogens is 2. The van der Waals surface area contributed by atoms with E-state index in [-0.39, 0.29) is 12.1 Å². The minimum atomic E-state index is -0.371. The Hall–Kier alpha value is -1.72. The second-order valence-corrected chi connectivity index (χ2v) is 6.06. The van der Waals surface area contributed by atoms with E-state index in [0.717, 1.165) is 31.5 Å². The highest BCUT2D eigenvalue weighted by Gasteiger charge is 2.30. The zero-order chi connectivity index (χ0) is 15.5. The van der Waals surface area contributed by atoms with Gasteiger partial charge in [0.15, 0.2) is 0 Å². The molecule has 1 aliphatic heterocycles. The average molecular weight is 301 g/mol. The van der Waals surface area contributed by atoms with Crippen LogP contribution >= 0.6 is 0 Å². The fraction of sp³-hybridized carbons (Fsp3) is 0.529. The van der Waals surface area contributed by atoms with Gasteiger partial charge in [0.1, 0.15) is 0 Å². The predicted octanol–water partition coefficient (Wildman–Crippen LogP) is 2.88. The van der Waals surface area contributed by atoms with Crippen LogP contribution in [0.15, 0.2) is 34.7 Å². The number of benzene rings is 1. The highest BCUT2D eigenvalue weighted by atomic mass is 16.4. The molecule has 3 rings (SSSR count). The Morgan fingerprint density at radius 3 is 2.45 bits per heavy atom. The van der Waals surface area contributed by atoms with Crippen LogP contribution < -0.4 is 0 Å². The molecule has 0 saturated carbocycles. The van der Waals surface area contributed by atoms with Crippen LogP contribution in [-0.4, -0.2) is 33.3 Å². The summed E-state index contributed by atoms with van der Waals surface area (Å²) in [6.45, 7) is 5.79. The van der Waals surface area contributed by atoms with Crippen molar-refractivity contribution in [2.45, 2.75) is 38.8 Å². The number of likely N-dealkylation sites (tertiary alicyclic amines) is 1. The van der Waals surface area contributed by atoms with Gasteiger partial charge in [-0.15, -0.1) is 10.2 Å². The smallest absolute Gasteiger partial charge is 0.233 e. The zero-order valence-electron chi connectivity index (χ0n) is 13.1. The van der Waals surface area contributed by atoms with Crippen LogP contribution in [0.2, 0.25) is 0 Å². The number of aliphatic hydroxyl groups excluding tert-OH is 1. The molecule has 1 aromatic heterocycles. The van der Waals surface area contributed by atoms with Gasteiger partial charge in [-0.25, -0.2) is 0 Å². The molecule has 2 aromatic rings. The summed E-state index contributed by atoms with van der Waals surface area (Å²) >= 11 is 0. The molecule has 1 saturated heterocycles. The van der Waals surface area contributed by atoms with Crippen molar-refractivity contribution >= 4 is 0 Å². The summed E-state index contributed by atoms with van der Waals surface area (Å²) in [6.07, 6.45) is 1.59. The lowest BCUT2D eigenvalue weighted by Gasteiger charge is -2.36. The van der Waals surface area contributed by atoms with Crippen molar-refractivity contribution in [1.29, 1.82) is 0 Å². The highest BCUT2D eigenvalue weighted by molar-refractivity contribution is 5.18. The quantitative estimate of drug-likeness (QED) is 0.941. The van der Waals surface area contributed by atoms with Gasteiger partial charge in [-0.1, -0.05) is 30.3 Å². The van der Waals surface area contributed by atoms with Gasteiger partial charge in [-0.05, 0) is 44.3 Å². The monoisotopic (exact) mass is 301 g/mol. The standard InChI is InChI=1S/C17H23N3O2/c1-12(17-19-18-13(2)22-17)20-10-8-15(9-11-20)16(21)14-6-4-3-5-7-14/h3-7,12,15-16,21H,8-11H2,1-2H3. The molecule has 0 aliphatic carbocycles. The van der Waals surface area contributed by atoms with Gasteiger partial charge in [0, 0.05) is 6.92 Å². The van der Waals surface area contributed by atoms with Crippen molar-refractivity contribution < 1.29 is 9.52 Å². The molecule has 0 radical (unpaired) electrons. The molecule has 2 unspecified atom stereocenters. The van der Waals surface area contributed by atoms with Gasteiger partial charge in [-0.3, -0.25) is 4.90 Å². The first-order chi connectivity index (χ1) is 10.6. The van der Waals surface area contributed by atoms with E-state index >= 15 is 0 Å². The van der Waals surface area contributed by atoms with Crippen LogP contribution in [-0.2, 0) is 0 Å². The predicted molar refractivity (Wildman–Crippen MR) is 83.1 cm³/mol. The van der Waals surface area contributed by atoms with E-state index in [9.17, 15) is 5.11 Å². The molecule has 1 fully saturated rings. The molecular weight excluding hydrogens is 278 g/mol. The maximum Gasteiger partial charge on any atom is 0.233 e. The first-order valence-corrected chi connectivity index (χ1v) is 7.92. The number of aliphatic hydroxyl groups is 1. The summed E-state index contributed by atoms with van der Waals surface area (Å²) in [5.41, 5.74) is 1.02. The van der Waals surface area contributed by atoms with E-state index in [1.165, 1.54) is 0 Å². The van der Waals surface area contributed by atoms with Gasteiger partial charge < -0.3 is 9.52 Å². The summed E-state index contributed by atoms with van der Waals surface area (Å²) in [5.74, 6) is 1.60. The third kappa shape index (κ3) is 3.20. The van der Waals surface area contributed by atoms with Crippen LogP contribution in [0.25, 0.3) is 0 Å². The summed E-state index contributed by atoms with van der Waals surface area (Å²) in [6, 6.07) is 10.1. The van der Waals surface area contributed by atoms with Crippen molar-refractivity contribution in [2.24, 2.45) is 5.92 Å². The van der Waals surface area contributed by atoms with E-state index in [2.05, 4.69) is 22.0 Å². The Morgan fingerprint density at radius 1 is 1.18 bits per heavy atom. The molecule has 1 N–H and O–H groups in total. The number of hydrogen-bond donors (Lipinski definition) is 1. The molecule has 5 nitrogen and oxygen atoms in total. The Labute approximate surface area is 131 Å². The molecule has 22 heavy (non-hydrogen) atoms. The van der Waals surface area contributed by atoms with E-state index in [0.29, 0.717) is 17.7 Å². The second-order valence-electron chi connectivity index (χ2n) is 6.06. The molecule has 2 heterocycles. The largest absolute Gasteiger partial charge is 0.424 e. The normalized spacial score (nSPS) is 20.0. The lowest BCUT2D eigenvalue weighted by atomic mass is 9.87. The first-order valence-electron chi connectivity index (χ1n) is 7.92. The van der Waals surface area contributed by atoms with Gasteiger partial charge in [0.2, 0.25) is 11.8 Å². The average Bonchev–Trinajstić information content (AvgIpc) is 3.01. The van der Waals surface area contributed by atoms with E-state index in [1.54, 1.807) is 0 Å². The van der Waals surface area contributed by atoms with E-state index in [4.69, 9.17) is 4.42 Å². The number of rotatable bonds is 4. The molecule has 2 atom stereocenters. The van der Waals surface area contributed by atoms with Crippen molar-refractivity contribution in [3.8, 4) is 0 Å². The first kappa shape index (κ1) is 15.2. The van der Waals surface area contributed by atoms with Crippen LogP contribution in [0.4, 0.5) is 0 Å². The number of nitrogens with zero attached hydrogens (tertiary/aromatic N) is 3. The molecule has 0 bridgehead atoms. The Bertz CT molecular complexity index is 591. The fourth-order valence-corrected chi connectivity index (χ4v) is 3.18. The van der Waals surface area contributed by atoms with Crippen molar-refractivity contribution in [1.82, 2.24) is 15.1 Å². The van der Waals surface area contributed by atoms with Crippen LogP contribution in [0.5, 0.6) is 0 Å². The highest BCUT2D eigenvalue weighted by Crippen LogP contribution is 2.33. The second kappa shape index (κ2) is 6.58. The molecule has 0 amide bonds. The van der Waals surface area contributed by atoms with Gasteiger partial charge in [-0.2, -0.15) is 0 Å². The maximum absolute atomic E-state index is 10.5. The van der Waals surface area contributed by atoms with Crippen molar-refractivity contribution in [2.75, 3.05) is 13.1 Å². The van der Waals surface area contributed by atoms with E-state index < -0.39 is 0 Å². The fourth-order valence-electron chi connectivity index (χ4n) is 3.18. The Kier molecular flexibility index (Phi) is 4.55. The molecular formula is C17H23N3O2. The number of piperidine rings is 1. The molecule has 1 aliphatic rings. The Balaban J connectivity index is 1.58. The van der Waals surface area contributed by atoms with Gasteiger partial charge in [0.05, 0.1) is 12.1 Å². The summed E-state index contributed by atoms with van der Waals surface area (Å²) in [4.78, 5) is 2.35. The lowest BCUT2D eigenvalue weighted by Crippen LogP contribution is -2.37. The topological polar surface area (TPSA) is 62.4 Å². The van der Waals surface area contributed by atoms with Gasteiger partial charge >= 0.3 is 0 Å². The summed E-state index contributed by atoms with van der Waals surface area (Å²) < 4.78 is 5.53. The third-order valence-corrected chi connectivity index (χ3v) is 4.61. The summed E-state index contributed by atoms with van der Waals surface area (Å²) in [5, 5.41) is 18.5. The van der Waals surface area contributed by atoms with Crippen LogP contribution in [0, 0.1) is 12.8 Å². The van der Waals surface area contributed by atoms with E-state index in [1.807, 2.05) is 37.3 Å². The minimum Gasteiger partial charge on any atom is -0.424 e. The minimum absolute atomic E-state index is 0.135. The van der Waals surface area contributed by atoms with Crippen molar-refractivity contribution in [3.63, 3.8) is 0 Å². The number of hydrogen-bond acceptors (Lipinski definition) is 5. The van der Waals surface area contributed by atoms with Crippen molar-refractivity contribution in [3.05, 3.63) is 47.7 Å². The molecule has 5 heteroatoms. The SMILES string of the molecule is Cc1nnc(C(C)N2CCC(C(O)c3ccccc3)CC2)o1. The lowest BCUT2D eigenvalue weighted by molar-refractivity contribution is 0.0429. The molecule has 118 valence electrons. The van der Waals surface area contributed by atoms with Crippen LogP contribution in [0.1, 0.15) is 49.3 Å². The number of aryl methyl sites for hydroxylation is 1. The summed E-state index contributed by atoms with van der Waals surface area (Å²) in [7, 11) is 0. The maximum atomic E-state index is 10.5. The van der Waals surface area contributed by atoms with Gasteiger partial charge in [0.25, 0.3) is 0 Å². The molecule has 0 spiro atoms. The zero-order valence-corrected chi connectivity index (χ0v) is 13.1. The van der Waals surface area contributed by atoms with Crippen LogP contribution in [0.3, 0.4) is 0 Å².